The van der Waals surface area contributed by atoms with E-state index in [-0.39, 0.29) is 17.9 Å². The molecule has 1 heterocycles. The number of carbonyl (C=O) groups excluding carboxylic acids is 2. The molecule has 0 saturated carbocycles. The topological polar surface area (TPSA) is 61.4 Å². The average Bonchev–Trinajstić information content (AvgIpc) is 2.14. The van der Waals surface area contributed by atoms with Gasteiger partial charge >= 0.3 is 0 Å². The first-order valence-corrected chi connectivity index (χ1v) is 5.36. The summed E-state index contributed by atoms with van der Waals surface area (Å²) in [7, 11) is 0. The molecular weight excluding hydrogens is 194 g/mol. The van der Waals surface area contributed by atoms with Crippen LogP contribution in [-0.2, 0) is 9.59 Å². The summed E-state index contributed by atoms with van der Waals surface area (Å²) >= 11 is 0. The van der Waals surface area contributed by atoms with E-state index < -0.39 is 0 Å². The molecule has 0 aromatic carbocycles. The highest BCUT2D eigenvalue weighted by molar-refractivity contribution is 5.79. The van der Waals surface area contributed by atoms with Crippen molar-refractivity contribution in [1.29, 1.82) is 0 Å². The van der Waals surface area contributed by atoms with E-state index in [1.54, 1.807) is 0 Å². The number of hydrogen-bond acceptors (Lipinski definition) is 3. The molecule has 2 amide bonds. The molecule has 5 nitrogen and oxygen atoms in total. The Morgan fingerprint density at radius 1 is 1.60 bits per heavy atom. The minimum atomic E-state index is 0.0468. The van der Waals surface area contributed by atoms with E-state index in [0.717, 1.165) is 6.54 Å². The Labute approximate surface area is 90.2 Å². The van der Waals surface area contributed by atoms with Gasteiger partial charge in [0.05, 0.1) is 6.54 Å². The van der Waals surface area contributed by atoms with Crippen molar-refractivity contribution in [3.63, 3.8) is 0 Å². The van der Waals surface area contributed by atoms with Crippen LogP contribution in [0.4, 0.5) is 0 Å². The quantitative estimate of drug-likeness (QED) is 0.651. The minimum absolute atomic E-state index is 0.0468. The second-order valence-corrected chi connectivity index (χ2v) is 4.10. The second-order valence-electron chi connectivity index (χ2n) is 4.10. The van der Waals surface area contributed by atoms with Crippen LogP contribution >= 0.6 is 0 Å². The number of piperazine rings is 1. The van der Waals surface area contributed by atoms with Crippen LogP contribution in [0.1, 0.15) is 20.3 Å². The molecule has 0 aliphatic carbocycles. The third kappa shape index (κ3) is 4.78. The van der Waals surface area contributed by atoms with E-state index >= 15 is 0 Å². The molecule has 1 aliphatic heterocycles. The lowest BCUT2D eigenvalue weighted by atomic mass is 10.3. The molecule has 0 aromatic heterocycles. The highest BCUT2D eigenvalue weighted by Crippen LogP contribution is 1.95. The molecule has 0 radical (unpaired) electrons. The van der Waals surface area contributed by atoms with Gasteiger partial charge in [-0.1, -0.05) is 0 Å². The van der Waals surface area contributed by atoms with Gasteiger partial charge in [0.15, 0.2) is 0 Å². The van der Waals surface area contributed by atoms with Crippen molar-refractivity contribution in [2.75, 3.05) is 26.2 Å². The third-order valence-corrected chi connectivity index (χ3v) is 2.22. The Hall–Kier alpha value is -1.10. The molecule has 1 fully saturated rings. The van der Waals surface area contributed by atoms with E-state index in [1.807, 2.05) is 18.7 Å². The lowest BCUT2D eigenvalue weighted by molar-refractivity contribution is -0.126. The fourth-order valence-electron chi connectivity index (χ4n) is 1.54. The first kappa shape index (κ1) is 12.0. The number of hydrogen-bond donors (Lipinski definition) is 2. The average molecular weight is 213 g/mol. The number of nitrogens with zero attached hydrogens (tertiary/aromatic N) is 1. The first-order valence-electron chi connectivity index (χ1n) is 5.36. The van der Waals surface area contributed by atoms with Gasteiger partial charge in [-0.15, -0.1) is 0 Å². The van der Waals surface area contributed by atoms with Crippen molar-refractivity contribution in [2.45, 2.75) is 26.3 Å². The second kappa shape index (κ2) is 5.70. The molecule has 0 atom stereocenters. The van der Waals surface area contributed by atoms with Crippen molar-refractivity contribution in [3.8, 4) is 0 Å². The summed E-state index contributed by atoms with van der Waals surface area (Å²) in [5.41, 5.74) is 0. The fraction of sp³-hybridized carbons (Fsp3) is 0.800. The third-order valence-electron chi connectivity index (χ3n) is 2.22. The molecule has 0 unspecified atom stereocenters. The van der Waals surface area contributed by atoms with Gasteiger partial charge < -0.3 is 10.6 Å². The maximum absolute atomic E-state index is 11.3. The van der Waals surface area contributed by atoms with Gasteiger partial charge in [-0.05, 0) is 13.8 Å². The number of nitrogens with one attached hydrogen (secondary N) is 2. The van der Waals surface area contributed by atoms with Gasteiger partial charge in [0.1, 0.15) is 0 Å². The van der Waals surface area contributed by atoms with E-state index in [0.29, 0.717) is 26.1 Å². The summed E-state index contributed by atoms with van der Waals surface area (Å²) in [6.07, 6.45) is 0.464. The van der Waals surface area contributed by atoms with Crippen LogP contribution in [0.5, 0.6) is 0 Å². The highest BCUT2D eigenvalue weighted by Gasteiger charge is 2.16. The molecule has 15 heavy (non-hydrogen) atoms. The molecular formula is C10H19N3O2. The Balaban J connectivity index is 2.18. The van der Waals surface area contributed by atoms with Gasteiger partial charge in [-0.3, -0.25) is 14.5 Å². The zero-order valence-corrected chi connectivity index (χ0v) is 9.38. The Kier molecular flexibility index (Phi) is 4.55. The van der Waals surface area contributed by atoms with E-state index in [1.165, 1.54) is 0 Å². The molecule has 1 aliphatic rings. The van der Waals surface area contributed by atoms with Crippen molar-refractivity contribution < 1.29 is 9.59 Å². The van der Waals surface area contributed by atoms with Crippen LogP contribution in [0, 0.1) is 0 Å². The zero-order valence-electron chi connectivity index (χ0n) is 9.38. The van der Waals surface area contributed by atoms with Gasteiger partial charge in [-0.2, -0.15) is 0 Å². The predicted molar refractivity (Wildman–Crippen MR) is 57.3 cm³/mol. The normalized spacial score (nSPS) is 17.7. The summed E-state index contributed by atoms with van der Waals surface area (Å²) in [6.45, 7) is 6.46. The van der Waals surface area contributed by atoms with Crippen molar-refractivity contribution in [2.24, 2.45) is 0 Å². The van der Waals surface area contributed by atoms with Gasteiger partial charge in [-0.25, -0.2) is 0 Å². The summed E-state index contributed by atoms with van der Waals surface area (Å²) in [5, 5.41) is 5.58. The minimum Gasteiger partial charge on any atom is -0.354 e. The molecule has 0 spiro atoms. The maximum Gasteiger partial charge on any atom is 0.234 e. The van der Waals surface area contributed by atoms with E-state index in [4.69, 9.17) is 0 Å². The molecule has 86 valence electrons. The fourth-order valence-corrected chi connectivity index (χ4v) is 1.54. The smallest absolute Gasteiger partial charge is 0.234 e. The summed E-state index contributed by atoms with van der Waals surface area (Å²) in [6, 6.07) is 0.183. The Bertz CT molecular complexity index is 241. The number of rotatable bonds is 4. The van der Waals surface area contributed by atoms with Crippen molar-refractivity contribution in [1.82, 2.24) is 15.5 Å². The van der Waals surface area contributed by atoms with Crippen molar-refractivity contribution in [3.05, 3.63) is 0 Å². The first-order chi connectivity index (χ1) is 7.08. The van der Waals surface area contributed by atoms with Crippen LogP contribution in [0.3, 0.4) is 0 Å². The predicted octanol–water partition coefficient (Wildman–Crippen LogP) is -0.667. The molecule has 0 aromatic rings. The van der Waals surface area contributed by atoms with Crippen LogP contribution in [-0.4, -0.2) is 48.9 Å². The van der Waals surface area contributed by atoms with Crippen molar-refractivity contribution >= 4 is 11.8 Å². The Morgan fingerprint density at radius 2 is 2.33 bits per heavy atom. The maximum atomic E-state index is 11.3. The molecule has 1 saturated heterocycles. The number of carbonyl (C=O) groups is 2. The monoisotopic (exact) mass is 213 g/mol. The lowest BCUT2D eigenvalue weighted by Gasteiger charge is -2.26. The summed E-state index contributed by atoms with van der Waals surface area (Å²) < 4.78 is 0. The van der Waals surface area contributed by atoms with Crippen LogP contribution in [0.25, 0.3) is 0 Å². The summed E-state index contributed by atoms with van der Waals surface area (Å²) in [5.74, 6) is 0.0986. The SMILES string of the molecule is CC(C)NC(=O)CCN1CCNC(=O)C1. The van der Waals surface area contributed by atoms with E-state index in [9.17, 15) is 9.59 Å². The van der Waals surface area contributed by atoms with Crippen LogP contribution in [0.2, 0.25) is 0 Å². The van der Waals surface area contributed by atoms with Crippen LogP contribution < -0.4 is 10.6 Å². The van der Waals surface area contributed by atoms with Gasteiger partial charge in [0.2, 0.25) is 11.8 Å². The summed E-state index contributed by atoms with van der Waals surface area (Å²) in [4.78, 5) is 24.4. The molecule has 5 heteroatoms. The van der Waals surface area contributed by atoms with Gasteiger partial charge in [0, 0.05) is 32.1 Å². The van der Waals surface area contributed by atoms with E-state index in [2.05, 4.69) is 10.6 Å². The lowest BCUT2D eigenvalue weighted by Crippen LogP contribution is -2.48. The Morgan fingerprint density at radius 3 is 2.93 bits per heavy atom. The standard InChI is InChI=1S/C10H19N3O2/c1-8(2)12-9(14)3-5-13-6-4-11-10(15)7-13/h8H,3-7H2,1-2H3,(H,11,15)(H,12,14). The number of amides is 2. The largest absolute Gasteiger partial charge is 0.354 e. The molecule has 0 bridgehead atoms. The van der Waals surface area contributed by atoms with Crippen LogP contribution in [0.15, 0.2) is 0 Å². The van der Waals surface area contributed by atoms with Gasteiger partial charge in [0.25, 0.3) is 0 Å². The highest BCUT2D eigenvalue weighted by atomic mass is 16.2. The zero-order chi connectivity index (χ0) is 11.3. The molecule has 1 rings (SSSR count). The molecule has 2 N–H and O–H groups in total.